The molecule has 0 spiro atoms. The Kier molecular flexibility index (Phi) is 4.72. The minimum absolute atomic E-state index is 1.12. The summed E-state index contributed by atoms with van der Waals surface area (Å²) >= 11 is 0. The van der Waals surface area contributed by atoms with E-state index in [4.69, 9.17) is 0 Å². The zero-order chi connectivity index (χ0) is 7.11. The third kappa shape index (κ3) is 7.10. The Hall–Kier alpha value is -0.900. The van der Waals surface area contributed by atoms with E-state index in [-0.39, 0.29) is 0 Å². The van der Waals surface area contributed by atoms with Crippen LogP contribution in [-0.2, 0) is 0 Å². The van der Waals surface area contributed by atoms with Gasteiger partial charge in [0, 0.05) is 13.2 Å². The van der Waals surface area contributed by atoms with Gasteiger partial charge in [-0.3, -0.25) is 0 Å². The Bertz CT molecular complexity index is 112. The summed E-state index contributed by atoms with van der Waals surface area (Å²) in [4.78, 5) is 0. The molecular weight excluding hydrogens is 116 g/mol. The van der Waals surface area contributed by atoms with E-state index in [9.17, 15) is 0 Å². The van der Waals surface area contributed by atoms with Crippen molar-refractivity contribution in [2.75, 3.05) is 7.05 Å². The minimum atomic E-state index is 1.12. The van der Waals surface area contributed by atoms with Crippen molar-refractivity contribution in [2.24, 2.45) is 10.3 Å². The number of allylic oxidation sites excluding steroid dienone is 1. The minimum Gasteiger partial charge on any atom is -0.224 e. The molecule has 0 heterocycles. The monoisotopic (exact) mass is 128 g/mol. The topological polar surface area (TPSA) is 48.8 Å². The van der Waals surface area contributed by atoms with Crippen LogP contribution >= 0.6 is 0 Å². The second kappa shape index (κ2) is 5.24. The fourth-order valence-electron chi connectivity index (χ4n) is 0.223. The van der Waals surface area contributed by atoms with Gasteiger partial charge in [-0.2, -0.15) is 0 Å². The predicted octanol–water partition coefficient (Wildman–Crippen LogP) is 1.00. The first-order valence-corrected chi connectivity index (χ1v) is 2.72. The standard InChI is InChI=1S/C5H12N4/c1-5(2)4-7-9-8-6-3/h4H,1-3H3,(H,6,9)(H,7,8). The summed E-state index contributed by atoms with van der Waals surface area (Å²) in [5.74, 6) is 0. The fraction of sp³-hybridized carbons (Fsp3) is 0.600. The van der Waals surface area contributed by atoms with Gasteiger partial charge in [-0.15, -0.1) is 5.11 Å². The van der Waals surface area contributed by atoms with Gasteiger partial charge < -0.3 is 0 Å². The second-order valence-electron chi connectivity index (χ2n) is 1.78. The van der Waals surface area contributed by atoms with Crippen molar-refractivity contribution >= 4 is 0 Å². The van der Waals surface area contributed by atoms with Crippen molar-refractivity contribution in [3.05, 3.63) is 11.8 Å². The molecule has 0 unspecified atom stereocenters. The van der Waals surface area contributed by atoms with Crippen LogP contribution in [0.15, 0.2) is 22.1 Å². The van der Waals surface area contributed by atoms with E-state index < -0.39 is 0 Å². The highest BCUT2D eigenvalue weighted by molar-refractivity contribution is 4.89. The van der Waals surface area contributed by atoms with E-state index in [1.165, 1.54) is 0 Å². The molecule has 0 atom stereocenters. The zero-order valence-corrected chi connectivity index (χ0v) is 5.97. The Labute approximate surface area is 55.0 Å². The lowest BCUT2D eigenvalue weighted by molar-refractivity contribution is 0.599. The van der Waals surface area contributed by atoms with Crippen molar-refractivity contribution in [1.29, 1.82) is 0 Å². The fourth-order valence-corrected chi connectivity index (χ4v) is 0.223. The lowest BCUT2D eigenvalue weighted by atomic mass is 10.4. The average molecular weight is 128 g/mol. The molecule has 0 saturated heterocycles. The molecule has 0 saturated carbocycles. The van der Waals surface area contributed by atoms with Crippen LogP contribution in [-0.4, -0.2) is 7.05 Å². The maximum Gasteiger partial charge on any atom is 0.0499 e. The van der Waals surface area contributed by atoms with Gasteiger partial charge in [0.15, 0.2) is 0 Å². The molecule has 0 amide bonds. The van der Waals surface area contributed by atoms with Gasteiger partial charge in [-0.05, 0) is 13.8 Å². The maximum absolute atomic E-state index is 3.65. The predicted molar refractivity (Wildman–Crippen MR) is 36.5 cm³/mol. The normalized spacial score (nSPS) is 9.67. The van der Waals surface area contributed by atoms with Crippen LogP contribution in [0.1, 0.15) is 13.8 Å². The zero-order valence-electron chi connectivity index (χ0n) is 5.97. The Balaban J connectivity index is 3.35. The van der Waals surface area contributed by atoms with E-state index in [1.807, 2.05) is 13.8 Å². The van der Waals surface area contributed by atoms with Gasteiger partial charge in [0.1, 0.15) is 0 Å². The van der Waals surface area contributed by atoms with Gasteiger partial charge in [-0.25, -0.2) is 11.0 Å². The molecular formula is C5H12N4. The summed E-state index contributed by atoms with van der Waals surface area (Å²) in [6.45, 7) is 3.91. The summed E-state index contributed by atoms with van der Waals surface area (Å²) in [5, 5.41) is 7.17. The highest BCUT2D eigenvalue weighted by Gasteiger charge is 1.69. The van der Waals surface area contributed by atoms with Crippen LogP contribution in [0.4, 0.5) is 0 Å². The van der Waals surface area contributed by atoms with Crippen molar-refractivity contribution in [3.63, 3.8) is 0 Å². The molecule has 52 valence electrons. The van der Waals surface area contributed by atoms with Crippen molar-refractivity contribution in [2.45, 2.75) is 13.8 Å². The molecule has 9 heavy (non-hydrogen) atoms. The molecule has 4 heteroatoms. The van der Waals surface area contributed by atoms with Crippen LogP contribution in [0.2, 0.25) is 0 Å². The van der Waals surface area contributed by atoms with Gasteiger partial charge in [-0.1, -0.05) is 10.8 Å². The number of rotatable bonds is 3. The molecule has 0 aromatic rings. The largest absolute Gasteiger partial charge is 0.224 e. The molecule has 0 aliphatic carbocycles. The van der Waals surface area contributed by atoms with Gasteiger partial charge in [0.05, 0.1) is 0 Å². The van der Waals surface area contributed by atoms with Crippen molar-refractivity contribution in [1.82, 2.24) is 11.0 Å². The summed E-state index contributed by atoms with van der Waals surface area (Å²) in [5.41, 5.74) is 6.19. The summed E-state index contributed by atoms with van der Waals surface area (Å²) in [7, 11) is 1.72. The van der Waals surface area contributed by atoms with E-state index in [1.54, 1.807) is 13.2 Å². The molecule has 0 bridgehead atoms. The highest BCUT2D eigenvalue weighted by Crippen LogP contribution is 1.87. The third-order valence-electron chi connectivity index (χ3n) is 0.535. The van der Waals surface area contributed by atoms with E-state index in [0.29, 0.717) is 0 Å². The van der Waals surface area contributed by atoms with Crippen molar-refractivity contribution in [3.8, 4) is 0 Å². The van der Waals surface area contributed by atoms with Gasteiger partial charge in [0.2, 0.25) is 0 Å². The molecule has 2 N–H and O–H groups in total. The summed E-state index contributed by atoms with van der Waals surface area (Å²) in [6, 6.07) is 0. The van der Waals surface area contributed by atoms with Crippen LogP contribution < -0.4 is 11.0 Å². The number of nitrogens with one attached hydrogen (secondary N) is 2. The number of hydrogen-bond donors (Lipinski definition) is 2. The van der Waals surface area contributed by atoms with Crippen LogP contribution in [0.5, 0.6) is 0 Å². The Morgan fingerprint density at radius 1 is 1.44 bits per heavy atom. The van der Waals surface area contributed by atoms with E-state index in [2.05, 4.69) is 21.3 Å². The smallest absolute Gasteiger partial charge is 0.0499 e. The number of hydrogen-bond acceptors (Lipinski definition) is 3. The Morgan fingerprint density at radius 3 is 2.56 bits per heavy atom. The summed E-state index contributed by atoms with van der Waals surface area (Å²) in [6.07, 6.45) is 1.67. The molecule has 0 aromatic carbocycles. The Morgan fingerprint density at radius 2 is 2.11 bits per heavy atom. The van der Waals surface area contributed by atoms with E-state index in [0.717, 1.165) is 5.57 Å². The van der Waals surface area contributed by atoms with Crippen LogP contribution in [0, 0.1) is 0 Å². The summed E-state index contributed by atoms with van der Waals surface area (Å²) < 4.78 is 0. The maximum atomic E-state index is 3.65. The first-order valence-electron chi connectivity index (χ1n) is 2.72. The molecule has 0 fully saturated rings. The lowest BCUT2D eigenvalue weighted by Gasteiger charge is -1.88. The third-order valence-corrected chi connectivity index (χ3v) is 0.535. The number of hydrazine groups is 1. The lowest BCUT2D eigenvalue weighted by Crippen LogP contribution is -2.20. The van der Waals surface area contributed by atoms with Crippen LogP contribution in [0.3, 0.4) is 0 Å². The highest BCUT2D eigenvalue weighted by atomic mass is 15.6. The SMILES string of the molecule is CNNN=NC=C(C)C. The molecule has 0 radical (unpaired) electrons. The number of nitrogens with zero attached hydrogens (tertiary/aromatic N) is 2. The quantitative estimate of drug-likeness (QED) is 0.440. The van der Waals surface area contributed by atoms with Crippen LogP contribution in [0.25, 0.3) is 0 Å². The van der Waals surface area contributed by atoms with Crippen molar-refractivity contribution < 1.29 is 0 Å². The molecule has 0 aromatic heterocycles. The molecule has 4 nitrogen and oxygen atoms in total. The van der Waals surface area contributed by atoms with Gasteiger partial charge >= 0.3 is 0 Å². The molecule has 0 aliphatic rings. The van der Waals surface area contributed by atoms with E-state index >= 15 is 0 Å². The average Bonchev–Trinajstić information content (AvgIpc) is 1.80. The first kappa shape index (κ1) is 8.10. The first-order chi connectivity index (χ1) is 4.27. The second-order valence-corrected chi connectivity index (χ2v) is 1.78. The molecule has 0 rings (SSSR count). The molecule has 0 aliphatic heterocycles. The van der Waals surface area contributed by atoms with Gasteiger partial charge in [0.25, 0.3) is 0 Å².